The minimum Gasteiger partial charge on any atom is -0.487 e. The van der Waals surface area contributed by atoms with Crippen LogP contribution in [0.4, 0.5) is 0 Å². The number of hydrogen-bond acceptors (Lipinski definition) is 2. The summed E-state index contributed by atoms with van der Waals surface area (Å²) in [5, 5.41) is 10.3. The Hall–Kier alpha value is -1.02. The van der Waals surface area contributed by atoms with E-state index in [9.17, 15) is 5.11 Å². The average molecular weight is 276 g/mol. The van der Waals surface area contributed by atoms with E-state index in [0.29, 0.717) is 5.92 Å². The first-order valence-electron chi connectivity index (χ1n) is 8.03. The Kier molecular flexibility index (Phi) is 5.47. The van der Waals surface area contributed by atoms with Crippen molar-refractivity contribution in [3.8, 4) is 5.75 Å². The van der Waals surface area contributed by atoms with E-state index in [-0.39, 0.29) is 12.2 Å². The van der Waals surface area contributed by atoms with Crippen LogP contribution in [-0.2, 0) is 0 Å². The highest BCUT2D eigenvalue weighted by atomic mass is 16.5. The maximum atomic E-state index is 10.3. The molecule has 2 nitrogen and oxygen atoms in total. The highest BCUT2D eigenvalue weighted by Gasteiger charge is 2.23. The van der Waals surface area contributed by atoms with E-state index in [1.165, 1.54) is 24.0 Å². The minimum absolute atomic E-state index is 0.0467. The van der Waals surface area contributed by atoms with Gasteiger partial charge in [0.05, 0.1) is 6.10 Å². The maximum absolute atomic E-state index is 10.3. The number of rotatable bonds is 3. The summed E-state index contributed by atoms with van der Waals surface area (Å²) in [5.74, 6) is 1.40. The summed E-state index contributed by atoms with van der Waals surface area (Å²) >= 11 is 0. The first kappa shape index (κ1) is 15.4. The largest absolute Gasteiger partial charge is 0.487 e. The molecule has 112 valence electrons. The second-order valence-corrected chi connectivity index (χ2v) is 6.41. The zero-order valence-corrected chi connectivity index (χ0v) is 13.1. The minimum atomic E-state index is -0.323. The van der Waals surface area contributed by atoms with Gasteiger partial charge in [0.2, 0.25) is 0 Å². The second kappa shape index (κ2) is 7.12. The highest BCUT2D eigenvalue weighted by molar-refractivity contribution is 5.39. The van der Waals surface area contributed by atoms with E-state index < -0.39 is 0 Å². The molecule has 0 heterocycles. The smallest absolute Gasteiger partial charge is 0.124 e. The summed E-state index contributed by atoms with van der Waals surface area (Å²) in [6.07, 6.45) is 6.24. The average Bonchev–Trinajstić information content (AvgIpc) is 2.38. The fraction of sp³-hybridized carbons (Fsp3) is 0.667. The zero-order valence-electron chi connectivity index (χ0n) is 13.1. The third-order valence-corrected chi connectivity index (χ3v) is 4.24. The number of aryl methyl sites for hydroxylation is 1. The fourth-order valence-corrected chi connectivity index (χ4v) is 2.95. The van der Waals surface area contributed by atoms with Gasteiger partial charge in [-0.05, 0) is 49.3 Å². The molecular formula is C18H28O2. The lowest BCUT2D eigenvalue weighted by atomic mass is 9.95. The number of aliphatic hydroxyl groups is 1. The number of aliphatic hydroxyl groups excluding tert-OH is 1. The van der Waals surface area contributed by atoms with Crippen molar-refractivity contribution in [2.24, 2.45) is 0 Å². The zero-order chi connectivity index (χ0) is 14.5. The van der Waals surface area contributed by atoms with Gasteiger partial charge in [0.25, 0.3) is 0 Å². The summed E-state index contributed by atoms with van der Waals surface area (Å²) in [6.45, 7) is 6.46. The van der Waals surface area contributed by atoms with Crippen molar-refractivity contribution >= 4 is 0 Å². The summed E-state index contributed by atoms with van der Waals surface area (Å²) in [6, 6.07) is 6.40. The topological polar surface area (TPSA) is 29.5 Å². The normalized spacial score (nSPS) is 24.2. The van der Waals surface area contributed by atoms with Gasteiger partial charge in [0, 0.05) is 0 Å². The van der Waals surface area contributed by atoms with Crippen molar-refractivity contribution in [3.63, 3.8) is 0 Å². The molecule has 1 N–H and O–H groups in total. The first-order valence-corrected chi connectivity index (χ1v) is 8.03. The van der Waals surface area contributed by atoms with Gasteiger partial charge in [-0.15, -0.1) is 0 Å². The van der Waals surface area contributed by atoms with Gasteiger partial charge >= 0.3 is 0 Å². The molecule has 1 aromatic rings. The van der Waals surface area contributed by atoms with Crippen molar-refractivity contribution in [2.45, 2.75) is 77.4 Å². The molecule has 2 unspecified atom stereocenters. The first-order chi connectivity index (χ1) is 9.58. The van der Waals surface area contributed by atoms with E-state index in [1.54, 1.807) is 0 Å². The predicted octanol–water partition coefficient (Wildman–Crippen LogP) is 4.58. The molecule has 0 aromatic heterocycles. The van der Waals surface area contributed by atoms with Crippen LogP contribution in [0.5, 0.6) is 5.75 Å². The van der Waals surface area contributed by atoms with E-state index in [1.807, 2.05) is 0 Å². The molecule has 0 bridgehead atoms. The maximum Gasteiger partial charge on any atom is 0.124 e. The molecule has 1 aliphatic carbocycles. The molecule has 1 aromatic carbocycles. The predicted molar refractivity (Wildman–Crippen MR) is 83.4 cm³/mol. The van der Waals surface area contributed by atoms with Crippen LogP contribution in [0.15, 0.2) is 18.2 Å². The molecule has 0 aliphatic heterocycles. The number of hydrogen-bond donors (Lipinski definition) is 1. The Balaban J connectivity index is 2.16. The Morgan fingerprint density at radius 2 is 1.80 bits per heavy atom. The lowest BCUT2D eigenvalue weighted by Gasteiger charge is -2.28. The van der Waals surface area contributed by atoms with E-state index in [0.717, 1.165) is 31.4 Å². The van der Waals surface area contributed by atoms with Crippen LogP contribution in [0, 0.1) is 6.92 Å². The van der Waals surface area contributed by atoms with Crippen LogP contribution in [0.1, 0.15) is 69.4 Å². The van der Waals surface area contributed by atoms with Gasteiger partial charge < -0.3 is 9.84 Å². The number of ether oxygens (including phenoxy) is 1. The molecule has 2 rings (SSSR count). The summed E-state index contributed by atoms with van der Waals surface area (Å²) in [4.78, 5) is 0. The Labute approximate surface area is 123 Å². The molecule has 0 spiro atoms. The van der Waals surface area contributed by atoms with Crippen LogP contribution in [0.25, 0.3) is 0 Å². The van der Waals surface area contributed by atoms with Crippen LogP contribution in [0.2, 0.25) is 0 Å². The molecule has 0 saturated heterocycles. The SMILES string of the molecule is Cc1ccc(C(C)C)c(OC2CCCCCCC2O)c1. The van der Waals surface area contributed by atoms with Crippen LogP contribution >= 0.6 is 0 Å². The highest BCUT2D eigenvalue weighted by Crippen LogP contribution is 2.30. The molecule has 1 aliphatic rings. The quantitative estimate of drug-likeness (QED) is 0.875. The molecule has 0 radical (unpaired) electrons. The van der Waals surface area contributed by atoms with Gasteiger partial charge in [-0.25, -0.2) is 0 Å². The molecule has 2 heteroatoms. The third kappa shape index (κ3) is 3.99. The van der Waals surface area contributed by atoms with Crippen molar-refractivity contribution < 1.29 is 9.84 Å². The van der Waals surface area contributed by atoms with Crippen molar-refractivity contribution in [1.82, 2.24) is 0 Å². The molecule has 1 fully saturated rings. The van der Waals surface area contributed by atoms with Gasteiger partial charge in [-0.1, -0.05) is 45.2 Å². The monoisotopic (exact) mass is 276 g/mol. The van der Waals surface area contributed by atoms with Crippen LogP contribution in [-0.4, -0.2) is 17.3 Å². The Morgan fingerprint density at radius 3 is 2.50 bits per heavy atom. The van der Waals surface area contributed by atoms with E-state index in [4.69, 9.17) is 4.74 Å². The van der Waals surface area contributed by atoms with E-state index in [2.05, 4.69) is 39.0 Å². The van der Waals surface area contributed by atoms with Crippen molar-refractivity contribution in [3.05, 3.63) is 29.3 Å². The van der Waals surface area contributed by atoms with Gasteiger partial charge in [-0.2, -0.15) is 0 Å². The molecule has 1 saturated carbocycles. The molecule has 20 heavy (non-hydrogen) atoms. The summed E-state index contributed by atoms with van der Waals surface area (Å²) in [5.41, 5.74) is 2.45. The standard InChI is InChI=1S/C18H28O2/c1-13(2)15-11-10-14(3)12-18(15)20-17-9-7-5-4-6-8-16(17)19/h10-13,16-17,19H,4-9H2,1-3H3. The fourth-order valence-electron chi connectivity index (χ4n) is 2.95. The van der Waals surface area contributed by atoms with E-state index >= 15 is 0 Å². The lowest BCUT2D eigenvalue weighted by Crippen LogP contribution is -2.33. The second-order valence-electron chi connectivity index (χ2n) is 6.41. The van der Waals surface area contributed by atoms with Gasteiger partial charge in [0.1, 0.15) is 11.9 Å². The van der Waals surface area contributed by atoms with Crippen molar-refractivity contribution in [2.75, 3.05) is 0 Å². The Morgan fingerprint density at radius 1 is 1.10 bits per heavy atom. The van der Waals surface area contributed by atoms with Crippen LogP contribution in [0.3, 0.4) is 0 Å². The summed E-state index contributed by atoms with van der Waals surface area (Å²) < 4.78 is 6.23. The molecule has 0 amide bonds. The van der Waals surface area contributed by atoms with Gasteiger partial charge in [-0.3, -0.25) is 0 Å². The lowest BCUT2D eigenvalue weighted by molar-refractivity contribution is 0.0181. The molecule has 2 atom stereocenters. The number of benzene rings is 1. The van der Waals surface area contributed by atoms with Crippen LogP contribution < -0.4 is 4.74 Å². The molecular weight excluding hydrogens is 248 g/mol. The van der Waals surface area contributed by atoms with Crippen molar-refractivity contribution in [1.29, 1.82) is 0 Å². The summed E-state index contributed by atoms with van der Waals surface area (Å²) in [7, 11) is 0. The Bertz CT molecular complexity index is 425. The van der Waals surface area contributed by atoms with Gasteiger partial charge in [0.15, 0.2) is 0 Å². The third-order valence-electron chi connectivity index (χ3n) is 4.24.